The summed E-state index contributed by atoms with van der Waals surface area (Å²) in [7, 11) is 0. The molecule has 1 saturated heterocycles. The van der Waals surface area contributed by atoms with E-state index in [0.717, 1.165) is 11.3 Å². The Morgan fingerprint density at radius 1 is 1.11 bits per heavy atom. The number of fused-ring (bicyclic) bond motifs is 3. The molecule has 9 heteroatoms. The van der Waals surface area contributed by atoms with Gasteiger partial charge in [0.2, 0.25) is 5.91 Å². The van der Waals surface area contributed by atoms with E-state index in [2.05, 4.69) is 20.6 Å². The van der Waals surface area contributed by atoms with Gasteiger partial charge in [-0.15, -0.1) is 0 Å². The quantitative estimate of drug-likeness (QED) is 0.481. The van der Waals surface area contributed by atoms with Gasteiger partial charge in [-0.25, -0.2) is 0 Å². The van der Waals surface area contributed by atoms with Crippen molar-refractivity contribution in [2.24, 2.45) is 0 Å². The molecule has 0 radical (unpaired) electrons. The number of carbonyl (C=O) groups excluding carboxylic acids is 2. The molecule has 180 valence electrons. The normalized spacial score (nSPS) is 22.4. The number of aliphatic hydroxyl groups is 1. The summed E-state index contributed by atoms with van der Waals surface area (Å²) in [4.78, 5) is 33.3. The van der Waals surface area contributed by atoms with Crippen LogP contribution < -0.4 is 15.4 Å². The summed E-state index contributed by atoms with van der Waals surface area (Å²) in [5.74, 6) is 0.227. The van der Waals surface area contributed by atoms with Crippen LogP contribution in [-0.4, -0.2) is 51.8 Å². The second kappa shape index (κ2) is 10.2. The third kappa shape index (κ3) is 5.16. The topological polar surface area (TPSA) is 123 Å². The summed E-state index contributed by atoms with van der Waals surface area (Å²) >= 11 is 0. The van der Waals surface area contributed by atoms with Gasteiger partial charge < -0.3 is 25.2 Å². The molecule has 0 unspecified atom stereocenters. The van der Waals surface area contributed by atoms with Gasteiger partial charge in [0.1, 0.15) is 18.0 Å². The minimum absolute atomic E-state index is 0.0697. The second-order valence-electron chi connectivity index (χ2n) is 8.65. The molecule has 1 fully saturated rings. The average molecular weight is 475 g/mol. The Morgan fingerprint density at radius 2 is 2.03 bits per heavy atom. The number of nitrogens with zero attached hydrogens (tertiary/aromatic N) is 2. The molecule has 0 aliphatic carbocycles. The Hall–Kier alpha value is -3.82. The lowest BCUT2D eigenvalue weighted by molar-refractivity contribution is -0.142. The molecular formula is C26H26N4O5. The predicted molar refractivity (Wildman–Crippen MR) is 127 cm³/mol. The van der Waals surface area contributed by atoms with Crippen molar-refractivity contribution in [2.45, 2.75) is 43.6 Å². The largest absolute Gasteiger partial charge is 0.487 e. The molecular weight excluding hydrogens is 448 g/mol. The summed E-state index contributed by atoms with van der Waals surface area (Å²) < 4.78 is 12.1. The summed E-state index contributed by atoms with van der Waals surface area (Å²) in [6, 6.07) is 14.4. The number of anilines is 1. The van der Waals surface area contributed by atoms with Crippen LogP contribution in [0.3, 0.4) is 0 Å². The number of pyridine rings is 2. The van der Waals surface area contributed by atoms with Crippen LogP contribution in [0.4, 0.5) is 5.69 Å². The van der Waals surface area contributed by atoms with Crippen molar-refractivity contribution in [1.29, 1.82) is 0 Å². The molecule has 35 heavy (non-hydrogen) atoms. The van der Waals surface area contributed by atoms with Gasteiger partial charge in [0.05, 0.1) is 36.9 Å². The number of benzene rings is 1. The van der Waals surface area contributed by atoms with E-state index in [-0.39, 0.29) is 43.0 Å². The number of amides is 2. The molecule has 0 bridgehead atoms. The van der Waals surface area contributed by atoms with Gasteiger partial charge in [0.25, 0.3) is 5.91 Å². The number of aromatic nitrogens is 2. The molecule has 9 nitrogen and oxygen atoms in total. The molecule has 0 saturated carbocycles. The molecule has 4 atom stereocenters. The zero-order chi connectivity index (χ0) is 24.2. The Labute approximate surface area is 202 Å². The number of hydrogen-bond donors (Lipinski definition) is 3. The van der Waals surface area contributed by atoms with E-state index in [1.807, 2.05) is 30.3 Å². The monoisotopic (exact) mass is 474 g/mol. The van der Waals surface area contributed by atoms with Crippen molar-refractivity contribution >= 4 is 17.5 Å². The molecule has 5 rings (SSSR count). The van der Waals surface area contributed by atoms with Gasteiger partial charge in [-0.3, -0.25) is 19.6 Å². The van der Waals surface area contributed by atoms with Gasteiger partial charge in [0.15, 0.2) is 0 Å². The lowest BCUT2D eigenvalue weighted by atomic mass is 9.84. The van der Waals surface area contributed by atoms with E-state index < -0.39 is 6.10 Å². The van der Waals surface area contributed by atoms with Crippen LogP contribution in [0.2, 0.25) is 0 Å². The number of ether oxygens (including phenoxy) is 2. The molecule has 1 aromatic carbocycles. The fraction of sp³-hybridized carbons (Fsp3) is 0.308. The molecule has 2 amide bonds. The lowest BCUT2D eigenvalue weighted by Gasteiger charge is -2.37. The first-order valence-corrected chi connectivity index (χ1v) is 11.6. The highest BCUT2D eigenvalue weighted by atomic mass is 16.6. The summed E-state index contributed by atoms with van der Waals surface area (Å²) in [5.41, 5.74) is 2.81. The van der Waals surface area contributed by atoms with Crippen molar-refractivity contribution in [3.63, 3.8) is 0 Å². The predicted octanol–water partition coefficient (Wildman–Crippen LogP) is 2.43. The molecule has 4 heterocycles. The Kier molecular flexibility index (Phi) is 6.69. The van der Waals surface area contributed by atoms with E-state index in [1.165, 1.54) is 6.20 Å². The first kappa shape index (κ1) is 22.9. The smallest absolute Gasteiger partial charge is 0.257 e. The van der Waals surface area contributed by atoms with Crippen LogP contribution in [0, 0.1) is 0 Å². The third-order valence-corrected chi connectivity index (χ3v) is 6.29. The summed E-state index contributed by atoms with van der Waals surface area (Å²) in [6.45, 7) is 0.125. The minimum atomic E-state index is -0.553. The highest BCUT2D eigenvalue weighted by molar-refractivity contribution is 6.04. The van der Waals surface area contributed by atoms with Gasteiger partial charge in [-0.2, -0.15) is 0 Å². The Morgan fingerprint density at radius 3 is 2.80 bits per heavy atom. The van der Waals surface area contributed by atoms with E-state index in [0.29, 0.717) is 30.0 Å². The fourth-order valence-corrected chi connectivity index (χ4v) is 4.64. The summed E-state index contributed by atoms with van der Waals surface area (Å²) in [6.07, 6.45) is 4.25. The van der Waals surface area contributed by atoms with Crippen molar-refractivity contribution in [1.82, 2.24) is 15.3 Å². The zero-order valence-electron chi connectivity index (χ0n) is 19.0. The first-order valence-electron chi connectivity index (χ1n) is 11.6. The molecule has 3 N–H and O–H groups in total. The number of carbonyl (C=O) groups is 2. The second-order valence-corrected chi connectivity index (χ2v) is 8.65. The Bertz CT molecular complexity index is 1190. The SMILES string of the molecule is O=C(C[C@@H]1C[C@@H]2c3cc(NC(=O)c4cccnc4)ccc3O[C@@H]2[C@H](CO)O1)NCc1ccccn1. The number of aliphatic hydroxyl groups excluding tert-OH is 1. The first-order chi connectivity index (χ1) is 17.1. The van der Waals surface area contributed by atoms with Crippen molar-refractivity contribution in [3.8, 4) is 5.75 Å². The maximum absolute atomic E-state index is 12.6. The van der Waals surface area contributed by atoms with Crippen LogP contribution in [0.15, 0.2) is 67.1 Å². The number of rotatable bonds is 7. The molecule has 2 aliphatic heterocycles. The highest BCUT2D eigenvalue weighted by Crippen LogP contribution is 2.47. The van der Waals surface area contributed by atoms with Crippen molar-refractivity contribution in [3.05, 3.63) is 83.9 Å². The molecule has 2 aliphatic rings. The molecule has 0 spiro atoms. The Balaban J connectivity index is 1.26. The highest BCUT2D eigenvalue weighted by Gasteiger charge is 2.46. The minimum Gasteiger partial charge on any atom is -0.487 e. The van der Waals surface area contributed by atoms with Crippen LogP contribution in [0.1, 0.15) is 40.4 Å². The standard InChI is InChI=1S/C26H26N4O5/c31-15-23-25-21(11-19(34-23)12-24(32)29-14-18-5-1-2-9-28-18)20-10-17(6-7-22(20)35-25)30-26(33)16-4-3-8-27-13-16/h1-10,13,19,21,23,25,31H,11-12,14-15H2,(H,29,32)(H,30,33)/t19-,21+,23-,25-/m0/s1. The van der Waals surface area contributed by atoms with Crippen molar-refractivity contribution in [2.75, 3.05) is 11.9 Å². The maximum Gasteiger partial charge on any atom is 0.257 e. The maximum atomic E-state index is 12.6. The molecule has 3 aromatic rings. The fourth-order valence-electron chi connectivity index (χ4n) is 4.64. The van der Waals surface area contributed by atoms with Gasteiger partial charge in [-0.05, 0) is 48.9 Å². The zero-order valence-corrected chi connectivity index (χ0v) is 19.0. The van der Waals surface area contributed by atoms with E-state index in [1.54, 1.807) is 30.6 Å². The molecule has 2 aromatic heterocycles. The van der Waals surface area contributed by atoms with Crippen LogP contribution in [0.5, 0.6) is 5.75 Å². The average Bonchev–Trinajstić information content (AvgIpc) is 3.26. The van der Waals surface area contributed by atoms with Gasteiger partial charge in [-0.1, -0.05) is 6.07 Å². The van der Waals surface area contributed by atoms with Crippen molar-refractivity contribution < 1.29 is 24.2 Å². The van der Waals surface area contributed by atoms with Gasteiger partial charge >= 0.3 is 0 Å². The van der Waals surface area contributed by atoms with Crippen LogP contribution in [0.25, 0.3) is 0 Å². The van der Waals surface area contributed by atoms with Crippen LogP contribution >= 0.6 is 0 Å². The lowest BCUT2D eigenvalue weighted by Crippen LogP contribution is -2.47. The number of nitrogens with one attached hydrogen (secondary N) is 2. The van der Waals surface area contributed by atoms with E-state index in [4.69, 9.17) is 9.47 Å². The third-order valence-electron chi connectivity index (χ3n) is 6.29. The van der Waals surface area contributed by atoms with E-state index >= 15 is 0 Å². The van der Waals surface area contributed by atoms with Gasteiger partial charge in [0, 0.05) is 35.8 Å². The van der Waals surface area contributed by atoms with Crippen LogP contribution in [-0.2, 0) is 16.1 Å². The van der Waals surface area contributed by atoms with E-state index in [9.17, 15) is 14.7 Å². The number of hydrogen-bond acceptors (Lipinski definition) is 7. The summed E-state index contributed by atoms with van der Waals surface area (Å²) in [5, 5.41) is 15.7.